The summed E-state index contributed by atoms with van der Waals surface area (Å²) in [5.74, 6) is 1.34. The molecule has 19 heavy (non-hydrogen) atoms. The van der Waals surface area contributed by atoms with Crippen LogP contribution in [0.2, 0.25) is 0 Å². The molecule has 0 aliphatic carbocycles. The van der Waals surface area contributed by atoms with E-state index in [4.69, 9.17) is 9.47 Å². The molecule has 98 valence electrons. The van der Waals surface area contributed by atoms with E-state index in [0.29, 0.717) is 11.5 Å². The first-order chi connectivity index (χ1) is 9.10. The SMILES string of the molecule is COc1cc(Oc2ccc(C)cc2)ccc1[N+](=O)[O-]. The van der Waals surface area contributed by atoms with E-state index < -0.39 is 4.92 Å². The van der Waals surface area contributed by atoms with Gasteiger partial charge in [0.15, 0.2) is 0 Å². The summed E-state index contributed by atoms with van der Waals surface area (Å²) in [6.07, 6.45) is 0. The molecule has 5 nitrogen and oxygen atoms in total. The molecule has 0 fully saturated rings. The second-order valence-electron chi connectivity index (χ2n) is 4.01. The lowest BCUT2D eigenvalue weighted by Gasteiger charge is -2.08. The van der Waals surface area contributed by atoms with E-state index >= 15 is 0 Å². The summed E-state index contributed by atoms with van der Waals surface area (Å²) < 4.78 is 10.6. The number of methoxy groups -OCH3 is 1. The molecule has 0 aliphatic heterocycles. The number of nitro benzene ring substituents is 1. The summed E-state index contributed by atoms with van der Waals surface area (Å²) in [6, 6.07) is 11.9. The van der Waals surface area contributed by atoms with Gasteiger partial charge >= 0.3 is 5.69 Å². The van der Waals surface area contributed by atoms with Gasteiger partial charge in [-0.15, -0.1) is 0 Å². The molecule has 0 heterocycles. The van der Waals surface area contributed by atoms with Crippen LogP contribution in [0.25, 0.3) is 0 Å². The Hall–Kier alpha value is -2.56. The van der Waals surface area contributed by atoms with Crippen LogP contribution in [-0.4, -0.2) is 12.0 Å². The van der Waals surface area contributed by atoms with Crippen molar-refractivity contribution in [2.75, 3.05) is 7.11 Å². The average Bonchev–Trinajstić information content (AvgIpc) is 2.41. The molecule has 0 spiro atoms. The van der Waals surface area contributed by atoms with Gasteiger partial charge in [0.1, 0.15) is 11.5 Å². The third-order valence-electron chi connectivity index (χ3n) is 2.60. The first-order valence-electron chi connectivity index (χ1n) is 5.67. The smallest absolute Gasteiger partial charge is 0.311 e. The zero-order chi connectivity index (χ0) is 13.8. The Morgan fingerprint density at radius 3 is 2.26 bits per heavy atom. The highest BCUT2D eigenvalue weighted by molar-refractivity contribution is 5.51. The fourth-order valence-corrected chi connectivity index (χ4v) is 1.61. The molecule has 0 aromatic heterocycles. The van der Waals surface area contributed by atoms with Gasteiger partial charge < -0.3 is 9.47 Å². The highest BCUT2D eigenvalue weighted by Gasteiger charge is 2.15. The molecule has 0 N–H and O–H groups in total. The molecule has 0 saturated heterocycles. The van der Waals surface area contributed by atoms with Crippen molar-refractivity contribution in [1.82, 2.24) is 0 Å². The lowest BCUT2D eigenvalue weighted by molar-refractivity contribution is -0.385. The van der Waals surface area contributed by atoms with Crippen LogP contribution in [0.15, 0.2) is 42.5 Å². The minimum atomic E-state index is -0.492. The molecule has 0 atom stereocenters. The standard InChI is InChI=1S/C14H13NO4/c1-10-3-5-11(6-4-10)19-12-7-8-13(15(16)17)14(9-12)18-2/h3-9H,1-2H3. The minimum absolute atomic E-state index is 0.0845. The molecule has 0 amide bonds. The number of benzene rings is 2. The molecular weight excluding hydrogens is 246 g/mol. The van der Waals surface area contributed by atoms with E-state index in [-0.39, 0.29) is 11.4 Å². The van der Waals surface area contributed by atoms with Gasteiger partial charge in [0.25, 0.3) is 0 Å². The lowest BCUT2D eigenvalue weighted by atomic mass is 10.2. The van der Waals surface area contributed by atoms with Crippen LogP contribution in [0, 0.1) is 17.0 Å². The van der Waals surface area contributed by atoms with Crippen LogP contribution >= 0.6 is 0 Å². The van der Waals surface area contributed by atoms with Crippen LogP contribution in [0.1, 0.15) is 5.56 Å². The van der Waals surface area contributed by atoms with Gasteiger partial charge in [0.05, 0.1) is 12.0 Å². The van der Waals surface area contributed by atoms with Gasteiger partial charge in [-0.3, -0.25) is 10.1 Å². The molecule has 2 aromatic carbocycles. The Labute approximate surface area is 110 Å². The fourth-order valence-electron chi connectivity index (χ4n) is 1.61. The summed E-state index contributed by atoms with van der Waals surface area (Å²) in [5, 5.41) is 10.8. The zero-order valence-electron chi connectivity index (χ0n) is 10.6. The second kappa shape index (κ2) is 5.39. The molecule has 2 aromatic rings. The molecular formula is C14H13NO4. The molecule has 2 rings (SSSR count). The van der Waals surface area contributed by atoms with Crippen LogP contribution in [-0.2, 0) is 0 Å². The summed E-state index contributed by atoms with van der Waals surface area (Å²) in [6.45, 7) is 1.98. The molecule has 0 saturated carbocycles. The van der Waals surface area contributed by atoms with Crippen molar-refractivity contribution in [3.63, 3.8) is 0 Å². The summed E-state index contributed by atoms with van der Waals surface area (Å²) in [5.41, 5.74) is 1.05. The van der Waals surface area contributed by atoms with Gasteiger partial charge in [0, 0.05) is 12.1 Å². The zero-order valence-corrected chi connectivity index (χ0v) is 10.6. The Balaban J connectivity index is 2.26. The van der Waals surface area contributed by atoms with Gasteiger partial charge in [-0.25, -0.2) is 0 Å². The summed E-state index contributed by atoms with van der Waals surface area (Å²) in [7, 11) is 1.39. The molecule has 0 unspecified atom stereocenters. The number of rotatable bonds is 4. The lowest BCUT2D eigenvalue weighted by Crippen LogP contribution is -1.94. The number of aryl methyl sites for hydroxylation is 1. The number of ether oxygens (including phenoxy) is 2. The van der Waals surface area contributed by atoms with Gasteiger partial charge in [-0.2, -0.15) is 0 Å². The monoisotopic (exact) mass is 259 g/mol. The maximum Gasteiger partial charge on any atom is 0.311 e. The van der Waals surface area contributed by atoms with Crippen molar-refractivity contribution in [1.29, 1.82) is 0 Å². The number of hydrogen-bond donors (Lipinski definition) is 0. The average molecular weight is 259 g/mol. The van der Waals surface area contributed by atoms with E-state index in [1.165, 1.54) is 19.2 Å². The van der Waals surface area contributed by atoms with Crippen LogP contribution < -0.4 is 9.47 Å². The number of nitrogens with zero attached hydrogens (tertiary/aromatic N) is 1. The predicted molar refractivity (Wildman–Crippen MR) is 70.9 cm³/mol. The highest BCUT2D eigenvalue weighted by atomic mass is 16.6. The maximum absolute atomic E-state index is 10.8. The van der Waals surface area contributed by atoms with E-state index in [9.17, 15) is 10.1 Å². The van der Waals surface area contributed by atoms with Crippen LogP contribution in [0.5, 0.6) is 17.2 Å². The second-order valence-corrected chi connectivity index (χ2v) is 4.01. The van der Waals surface area contributed by atoms with Gasteiger partial charge in [-0.1, -0.05) is 17.7 Å². The highest BCUT2D eigenvalue weighted by Crippen LogP contribution is 2.32. The first kappa shape index (κ1) is 12.9. The third-order valence-corrected chi connectivity index (χ3v) is 2.60. The van der Waals surface area contributed by atoms with Crippen molar-refractivity contribution in [2.45, 2.75) is 6.92 Å². The van der Waals surface area contributed by atoms with E-state index in [1.54, 1.807) is 6.07 Å². The molecule has 0 aliphatic rings. The van der Waals surface area contributed by atoms with E-state index in [1.807, 2.05) is 31.2 Å². The Morgan fingerprint density at radius 2 is 1.68 bits per heavy atom. The minimum Gasteiger partial charge on any atom is -0.490 e. The maximum atomic E-state index is 10.8. The van der Waals surface area contributed by atoms with Crippen molar-refractivity contribution in [3.8, 4) is 17.2 Å². The molecule has 0 radical (unpaired) electrons. The number of nitro groups is 1. The topological polar surface area (TPSA) is 61.6 Å². The van der Waals surface area contributed by atoms with Crippen molar-refractivity contribution < 1.29 is 14.4 Å². The van der Waals surface area contributed by atoms with E-state index in [2.05, 4.69) is 0 Å². The quantitative estimate of drug-likeness (QED) is 0.620. The third kappa shape index (κ3) is 3.01. The fraction of sp³-hybridized carbons (Fsp3) is 0.143. The van der Waals surface area contributed by atoms with Gasteiger partial charge in [-0.05, 0) is 25.1 Å². The predicted octanol–water partition coefficient (Wildman–Crippen LogP) is 3.70. The van der Waals surface area contributed by atoms with Crippen molar-refractivity contribution >= 4 is 5.69 Å². The summed E-state index contributed by atoms with van der Waals surface area (Å²) >= 11 is 0. The largest absolute Gasteiger partial charge is 0.490 e. The summed E-state index contributed by atoms with van der Waals surface area (Å²) in [4.78, 5) is 10.3. The van der Waals surface area contributed by atoms with Crippen molar-refractivity contribution in [3.05, 3.63) is 58.1 Å². The Bertz CT molecular complexity index is 593. The first-order valence-corrected chi connectivity index (χ1v) is 5.67. The van der Waals surface area contributed by atoms with E-state index in [0.717, 1.165) is 5.56 Å². The Morgan fingerprint density at radius 1 is 1.05 bits per heavy atom. The number of hydrogen-bond acceptors (Lipinski definition) is 4. The van der Waals surface area contributed by atoms with Crippen LogP contribution in [0.3, 0.4) is 0 Å². The van der Waals surface area contributed by atoms with Gasteiger partial charge in [0.2, 0.25) is 5.75 Å². The van der Waals surface area contributed by atoms with Crippen molar-refractivity contribution in [2.24, 2.45) is 0 Å². The molecule has 0 bridgehead atoms. The Kier molecular flexibility index (Phi) is 3.66. The normalized spacial score (nSPS) is 10.0. The van der Waals surface area contributed by atoms with Crippen LogP contribution in [0.4, 0.5) is 5.69 Å². The molecule has 5 heteroatoms.